The lowest BCUT2D eigenvalue weighted by Gasteiger charge is -2.28. The fourth-order valence-electron chi connectivity index (χ4n) is 1.52. The van der Waals surface area contributed by atoms with E-state index in [1.165, 1.54) is 0 Å². The number of hydrogen-bond acceptors (Lipinski definition) is 3. The van der Waals surface area contributed by atoms with E-state index in [9.17, 15) is 5.11 Å². The molecule has 0 bridgehead atoms. The number of nitrogens with one attached hydrogen (secondary N) is 1. The summed E-state index contributed by atoms with van der Waals surface area (Å²) in [7, 11) is 0. The average Bonchev–Trinajstić information content (AvgIpc) is 2.05. The van der Waals surface area contributed by atoms with E-state index >= 15 is 0 Å². The number of aromatic hydroxyl groups is 1. The highest BCUT2D eigenvalue weighted by atomic mass is 16.3. The third kappa shape index (κ3) is 1.53. The molecule has 0 amide bonds. The molecule has 1 fully saturated rings. The van der Waals surface area contributed by atoms with E-state index in [1.54, 1.807) is 6.07 Å². The van der Waals surface area contributed by atoms with Gasteiger partial charge in [0.1, 0.15) is 5.75 Å². The van der Waals surface area contributed by atoms with E-state index in [2.05, 4.69) is 5.32 Å². The van der Waals surface area contributed by atoms with Gasteiger partial charge in [-0.1, -0.05) is 6.07 Å². The van der Waals surface area contributed by atoms with E-state index in [-0.39, 0.29) is 12.4 Å². The smallest absolute Gasteiger partial charge is 0.121 e. The summed E-state index contributed by atoms with van der Waals surface area (Å²) in [6.07, 6.45) is 1.13. The van der Waals surface area contributed by atoms with Crippen LogP contribution in [0.5, 0.6) is 5.75 Å². The summed E-state index contributed by atoms with van der Waals surface area (Å²) in [5.41, 5.74) is 1.75. The molecule has 0 aromatic heterocycles. The second kappa shape index (κ2) is 3.36. The third-order valence-electron chi connectivity index (χ3n) is 2.50. The minimum absolute atomic E-state index is 0.105. The highest BCUT2D eigenvalue weighted by Gasteiger charge is 2.18. The van der Waals surface area contributed by atoms with Crippen molar-refractivity contribution in [2.45, 2.75) is 19.1 Å². The molecule has 3 heteroatoms. The number of aliphatic hydroxyl groups excluding tert-OH is 1. The summed E-state index contributed by atoms with van der Waals surface area (Å²) in [6.45, 7) is 0.951. The molecule has 1 aliphatic rings. The summed E-state index contributed by atoms with van der Waals surface area (Å²) in [4.78, 5) is 0. The molecule has 1 aliphatic heterocycles. The van der Waals surface area contributed by atoms with Crippen molar-refractivity contribution in [3.8, 4) is 5.75 Å². The molecule has 0 saturated carbocycles. The Morgan fingerprint density at radius 2 is 2.23 bits per heavy atom. The first kappa shape index (κ1) is 8.53. The Morgan fingerprint density at radius 3 is 2.77 bits per heavy atom. The van der Waals surface area contributed by atoms with E-state index in [1.807, 2.05) is 12.1 Å². The average molecular weight is 179 g/mol. The quantitative estimate of drug-likeness (QED) is 0.632. The zero-order chi connectivity index (χ0) is 9.26. The molecule has 0 aliphatic carbocycles. The Labute approximate surface area is 77.0 Å². The van der Waals surface area contributed by atoms with Crippen LogP contribution in [0.3, 0.4) is 0 Å². The molecular formula is C10H13NO2. The molecule has 2 rings (SSSR count). The molecule has 1 atom stereocenters. The van der Waals surface area contributed by atoms with Gasteiger partial charge in [-0.25, -0.2) is 0 Å². The maximum atomic E-state index is 9.33. The van der Waals surface area contributed by atoms with E-state index in [4.69, 9.17) is 5.11 Å². The topological polar surface area (TPSA) is 52.5 Å². The van der Waals surface area contributed by atoms with Gasteiger partial charge in [0.2, 0.25) is 0 Å². The molecule has 1 saturated heterocycles. The van der Waals surface area contributed by atoms with Crippen molar-refractivity contribution in [1.82, 2.24) is 5.32 Å². The number of aliphatic hydroxyl groups is 1. The van der Waals surface area contributed by atoms with Crippen molar-refractivity contribution in [3.63, 3.8) is 0 Å². The monoisotopic (exact) mass is 179 g/mol. The van der Waals surface area contributed by atoms with Crippen LogP contribution in [0.2, 0.25) is 0 Å². The molecule has 1 aromatic rings. The number of hydrogen-bond donors (Lipinski definition) is 3. The van der Waals surface area contributed by atoms with Crippen LogP contribution in [0.15, 0.2) is 18.2 Å². The minimum Gasteiger partial charge on any atom is -0.508 e. The molecule has 13 heavy (non-hydrogen) atoms. The van der Waals surface area contributed by atoms with Crippen molar-refractivity contribution >= 4 is 0 Å². The minimum atomic E-state index is -0.105. The van der Waals surface area contributed by atoms with Crippen molar-refractivity contribution in [2.24, 2.45) is 0 Å². The van der Waals surface area contributed by atoms with E-state index in [0.29, 0.717) is 11.6 Å². The van der Waals surface area contributed by atoms with Crippen LogP contribution < -0.4 is 5.32 Å². The summed E-state index contributed by atoms with van der Waals surface area (Å²) in [6, 6.07) is 5.80. The zero-order valence-electron chi connectivity index (χ0n) is 7.33. The summed E-state index contributed by atoms with van der Waals surface area (Å²) in [5.74, 6) is 0.172. The molecule has 0 radical (unpaired) electrons. The van der Waals surface area contributed by atoms with Crippen LogP contribution in [-0.2, 0) is 6.61 Å². The van der Waals surface area contributed by atoms with Gasteiger partial charge in [0.25, 0.3) is 0 Å². The highest BCUT2D eigenvalue weighted by molar-refractivity contribution is 5.37. The van der Waals surface area contributed by atoms with Gasteiger partial charge in [0, 0.05) is 11.6 Å². The van der Waals surface area contributed by atoms with Crippen molar-refractivity contribution in [2.75, 3.05) is 6.54 Å². The molecule has 0 spiro atoms. The molecule has 1 unspecified atom stereocenters. The van der Waals surface area contributed by atoms with Crippen LogP contribution in [-0.4, -0.2) is 16.8 Å². The lowest BCUT2D eigenvalue weighted by Crippen LogP contribution is -2.34. The molecular weight excluding hydrogens is 166 g/mol. The van der Waals surface area contributed by atoms with Gasteiger partial charge < -0.3 is 15.5 Å². The van der Waals surface area contributed by atoms with Gasteiger partial charge in [0.15, 0.2) is 0 Å². The van der Waals surface area contributed by atoms with Crippen molar-refractivity contribution < 1.29 is 10.2 Å². The molecule has 1 aromatic carbocycles. The predicted molar refractivity (Wildman–Crippen MR) is 49.4 cm³/mol. The Hall–Kier alpha value is -1.06. The molecule has 1 heterocycles. The van der Waals surface area contributed by atoms with Crippen molar-refractivity contribution in [3.05, 3.63) is 29.3 Å². The molecule has 3 nitrogen and oxygen atoms in total. The SMILES string of the molecule is OCc1cc(C2CCN2)ccc1O. The maximum Gasteiger partial charge on any atom is 0.121 e. The summed E-state index contributed by atoms with van der Waals surface area (Å²) < 4.78 is 0. The van der Waals surface area contributed by atoms with Gasteiger partial charge in [-0.3, -0.25) is 0 Å². The van der Waals surface area contributed by atoms with Crippen LogP contribution in [0.1, 0.15) is 23.6 Å². The standard InChI is InChI=1S/C10H13NO2/c12-6-8-5-7(1-2-10(8)13)9-3-4-11-9/h1-2,5,9,11-13H,3-4,6H2. The predicted octanol–water partition coefficient (Wildman–Crippen LogP) is 0.919. The first-order valence-corrected chi connectivity index (χ1v) is 4.47. The van der Waals surface area contributed by atoms with E-state index in [0.717, 1.165) is 18.5 Å². The normalized spacial score (nSPS) is 21.2. The zero-order valence-corrected chi connectivity index (χ0v) is 7.33. The Bertz CT molecular complexity index is 308. The van der Waals surface area contributed by atoms with Crippen LogP contribution in [0.4, 0.5) is 0 Å². The van der Waals surface area contributed by atoms with Gasteiger partial charge in [-0.15, -0.1) is 0 Å². The number of rotatable bonds is 2. The lowest BCUT2D eigenvalue weighted by molar-refractivity contribution is 0.275. The second-order valence-corrected chi connectivity index (χ2v) is 3.34. The second-order valence-electron chi connectivity index (χ2n) is 3.34. The number of phenols is 1. The lowest BCUT2D eigenvalue weighted by atomic mass is 9.96. The largest absolute Gasteiger partial charge is 0.508 e. The first-order chi connectivity index (χ1) is 6.31. The fraction of sp³-hybridized carbons (Fsp3) is 0.400. The molecule has 70 valence electrons. The first-order valence-electron chi connectivity index (χ1n) is 4.47. The van der Waals surface area contributed by atoms with Crippen LogP contribution in [0, 0.1) is 0 Å². The fourth-order valence-corrected chi connectivity index (χ4v) is 1.52. The molecule has 3 N–H and O–H groups in total. The van der Waals surface area contributed by atoms with Gasteiger partial charge in [-0.2, -0.15) is 0 Å². The highest BCUT2D eigenvalue weighted by Crippen LogP contribution is 2.27. The Balaban J connectivity index is 2.26. The van der Waals surface area contributed by atoms with Crippen molar-refractivity contribution in [1.29, 1.82) is 0 Å². The Morgan fingerprint density at radius 1 is 1.46 bits per heavy atom. The summed E-state index contributed by atoms with van der Waals surface area (Å²) >= 11 is 0. The maximum absolute atomic E-state index is 9.33. The van der Waals surface area contributed by atoms with Crippen LogP contribution in [0.25, 0.3) is 0 Å². The van der Waals surface area contributed by atoms with Gasteiger partial charge in [0.05, 0.1) is 6.61 Å². The van der Waals surface area contributed by atoms with E-state index < -0.39 is 0 Å². The van der Waals surface area contributed by atoms with Gasteiger partial charge in [-0.05, 0) is 30.7 Å². The summed E-state index contributed by atoms with van der Waals surface area (Å²) in [5, 5.41) is 21.5. The third-order valence-corrected chi connectivity index (χ3v) is 2.50. The Kier molecular flexibility index (Phi) is 2.20. The van der Waals surface area contributed by atoms with Gasteiger partial charge >= 0.3 is 0 Å². The number of benzene rings is 1. The van der Waals surface area contributed by atoms with Crippen LogP contribution >= 0.6 is 0 Å².